The van der Waals surface area contributed by atoms with Gasteiger partial charge in [0.05, 0.1) is 18.6 Å². The monoisotopic (exact) mass is 209 g/mol. The molecule has 0 unspecified atom stereocenters. The molecule has 80 valence electrons. The van der Waals surface area contributed by atoms with Crippen LogP contribution in [0.3, 0.4) is 0 Å². The van der Waals surface area contributed by atoms with Crippen molar-refractivity contribution in [2.45, 2.75) is 0 Å². The number of nitrogens with zero attached hydrogens (tertiary/aromatic N) is 1. The topological polar surface area (TPSA) is 72.6 Å². The minimum atomic E-state index is -0.505. The van der Waals surface area contributed by atoms with E-state index in [0.717, 1.165) is 0 Å². The van der Waals surface area contributed by atoms with Gasteiger partial charge in [0.25, 0.3) is 0 Å². The van der Waals surface area contributed by atoms with Crippen LogP contribution in [0.25, 0.3) is 6.08 Å². The Bertz CT molecular complexity index is 387. The molecule has 0 bridgehead atoms. The summed E-state index contributed by atoms with van der Waals surface area (Å²) in [6.07, 6.45) is 3.11. The van der Waals surface area contributed by atoms with E-state index in [1.807, 2.05) is 0 Å². The Hall–Kier alpha value is -1.88. The predicted molar refractivity (Wildman–Crippen MR) is 55.8 cm³/mol. The number of hydrogen-bond acceptors (Lipinski definition) is 4. The third-order valence-corrected chi connectivity index (χ3v) is 1.82. The van der Waals surface area contributed by atoms with Gasteiger partial charge in [-0.3, -0.25) is 10.1 Å². The van der Waals surface area contributed by atoms with E-state index in [1.165, 1.54) is 25.3 Å². The summed E-state index contributed by atoms with van der Waals surface area (Å²) in [5, 5.41) is 19.2. The third-order valence-electron chi connectivity index (χ3n) is 1.82. The second-order valence-electron chi connectivity index (χ2n) is 2.77. The van der Waals surface area contributed by atoms with E-state index in [4.69, 9.17) is 9.84 Å². The molecule has 0 saturated carbocycles. The normalized spacial score (nSPS) is 10.5. The van der Waals surface area contributed by atoms with Crippen molar-refractivity contribution >= 4 is 11.8 Å². The SMILES string of the molecule is COc1ccc(/C=C/CO)cc1[N+](=O)[O-]. The van der Waals surface area contributed by atoms with Crippen molar-refractivity contribution in [3.05, 3.63) is 40.0 Å². The molecule has 0 aliphatic heterocycles. The first-order valence-electron chi connectivity index (χ1n) is 4.29. The molecule has 0 aliphatic carbocycles. The Balaban J connectivity index is 3.10. The van der Waals surface area contributed by atoms with Crippen LogP contribution in [0, 0.1) is 10.1 Å². The quantitative estimate of drug-likeness (QED) is 0.604. The zero-order valence-corrected chi connectivity index (χ0v) is 8.21. The van der Waals surface area contributed by atoms with Gasteiger partial charge in [-0.05, 0) is 11.6 Å². The standard InChI is InChI=1S/C10H11NO4/c1-15-10-5-4-8(3-2-6-12)7-9(10)11(13)14/h2-5,7,12H,6H2,1H3/b3-2+. The highest BCUT2D eigenvalue weighted by Gasteiger charge is 2.13. The van der Waals surface area contributed by atoms with Crippen molar-refractivity contribution in [1.29, 1.82) is 0 Å². The lowest BCUT2D eigenvalue weighted by molar-refractivity contribution is -0.385. The van der Waals surface area contributed by atoms with Gasteiger partial charge in [0.1, 0.15) is 0 Å². The lowest BCUT2D eigenvalue weighted by Crippen LogP contribution is -1.93. The molecule has 1 aromatic carbocycles. The summed E-state index contributed by atoms with van der Waals surface area (Å²) < 4.78 is 4.85. The van der Waals surface area contributed by atoms with E-state index in [0.29, 0.717) is 5.56 Å². The van der Waals surface area contributed by atoms with Crippen LogP contribution < -0.4 is 4.74 Å². The highest BCUT2D eigenvalue weighted by Crippen LogP contribution is 2.27. The highest BCUT2D eigenvalue weighted by atomic mass is 16.6. The van der Waals surface area contributed by atoms with Crippen molar-refractivity contribution in [1.82, 2.24) is 0 Å². The first kappa shape index (κ1) is 11.2. The van der Waals surface area contributed by atoms with Gasteiger partial charge in [-0.1, -0.05) is 18.2 Å². The maximum Gasteiger partial charge on any atom is 0.311 e. The molecule has 0 fully saturated rings. The fraction of sp³-hybridized carbons (Fsp3) is 0.200. The smallest absolute Gasteiger partial charge is 0.311 e. The van der Waals surface area contributed by atoms with Gasteiger partial charge in [0.2, 0.25) is 0 Å². The van der Waals surface area contributed by atoms with Gasteiger partial charge in [-0.15, -0.1) is 0 Å². The first-order valence-corrected chi connectivity index (χ1v) is 4.29. The number of benzene rings is 1. The molecule has 1 rings (SSSR count). The average molecular weight is 209 g/mol. The minimum Gasteiger partial charge on any atom is -0.490 e. The summed E-state index contributed by atoms with van der Waals surface area (Å²) in [6.45, 7) is -0.0974. The molecule has 5 nitrogen and oxygen atoms in total. The molecule has 0 heterocycles. The molecule has 0 atom stereocenters. The van der Waals surface area contributed by atoms with E-state index >= 15 is 0 Å². The highest BCUT2D eigenvalue weighted by molar-refractivity contribution is 5.58. The van der Waals surface area contributed by atoms with Crippen molar-refractivity contribution in [2.24, 2.45) is 0 Å². The summed E-state index contributed by atoms with van der Waals surface area (Å²) in [7, 11) is 1.38. The molecule has 0 radical (unpaired) electrons. The molecule has 0 spiro atoms. The van der Waals surface area contributed by atoms with Crippen molar-refractivity contribution < 1.29 is 14.8 Å². The largest absolute Gasteiger partial charge is 0.490 e. The second-order valence-corrected chi connectivity index (χ2v) is 2.77. The van der Waals surface area contributed by atoms with Gasteiger partial charge in [0, 0.05) is 6.07 Å². The number of aliphatic hydroxyl groups excluding tert-OH is 1. The number of rotatable bonds is 4. The molecule has 0 aliphatic rings. The first-order chi connectivity index (χ1) is 7.19. The fourth-order valence-electron chi connectivity index (χ4n) is 1.14. The molecule has 0 amide bonds. The minimum absolute atomic E-state index is 0.0856. The van der Waals surface area contributed by atoms with Crippen molar-refractivity contribution in [2.75, 3.05) is 13.7 Å². The third kappa shape index (κ3) is 2.78. The van der Waals surface area contributed by atoms with Crippen LogP contribution >= 0.6 is 0 Å². The summed E-state index contributed by atoms with van der Waals surface area (Å²) in [5.74, 6) is 0.223. The number of ether oxygens (including phenoxy) is 1. The number of nitro groups is 1. The van der Waals surface area contributed by atoms with Crippen LogP contribution in [-0.4, -0.2) is 23.7 Å². The zero-order valence-electron chi connectivity index (χ0n) is 8.21. The van der Waals surface area contributed by atoms with Crippen molar-refractivity contribution in [3.63, 3.8) is 0 Å². The molecule has 0 aromatic heterocycles. The molecule has 5 heteroatoms. The summed E-state index contributed by atoms with van der Waals surface area (Å²) in [5.41, 5.74) is 0.564. The lowest BCUT2D eigenvalue weighted by atomic mass is 10.2. The van der Waals surface area contributed by atoms with E-state index in [2.05, 4.69) is 0 Å². The number of hydrogen-bond donors (Lipinski definition) is 1. The second kappa shape index (κ2) is 5.11. The summed E-state index contributed by atoms with van der Waals surface area (Å²) >= 11 is 0. The van der Waals surface area contributed by atoms with Crippen LogP contribution in [0.15, 0.2) is 24.3 Å². The van der Waals surface area contributed by atoms with Crippen LogP contribution in [0.2, 0.25) is 0 Å². The van der Waals surface area contributed by atoms with E-state index < -0.39 is 4.92 Å². The van der Waals surface area contributed by atoms with Gasteiger partial charge < -0.3 is 9.84 Å². The number of methoxy groups -OCH3 is 1. The lowest BCUT2D eigenvalue weighted by Gasteiger charge is -2.01. The Morgan fingerprint density at radius 3 is 2.87 bits per heavy atom. The average Bonchev–Trinajstić information content (AvgIpc) is 2.25. The number of nitro benzene ring substituents is 1. The van der Waals surface area contributed by atoms with Crippen LogP contribution in [0.4, 0.5) is 5.69 Å². The Morgan fingerprint density at radius 1 is 1.60 bits per heavy atom. The Labute approximate surface area is 86.8 Å². The molecular weight excluding hydrogens is 198 g/mol. The molecule has 15 heavy (non-hydrogen) atoms. The van der Waals surface area contributed by atoms with Crippen LogP contribution in [0.1, 0.15) is 5.56 Å². The van der Waals surface area contributed by atoms with Crippen LogP contribution in [-0.2, 0) is 0 Å². The molecule has 1 N–H and O–H groups in total. The fourth-order valence-corrected chi connectivity index (χ4v) is 1.14. The maximum atomic E-state index is 10.7. The van der Waals surface area contributed by atoms with Gasteiger partial charge in [-0.25, -0.2) is 0 Å². The molecular formula is C10H11NO4. The zero-order chi connectivity index (χ0) is 11.3. The number of aliphatic hydroxyl groups is 1. The summed E-state index contributed by atoms with van der Waals surface area (Å²) in [6, 6.07) is 4.60. The Morgan fingerprint density at radius 2 is 2.33 bits per heavy atom. The van der Waals surface area contributed by atoms with E-state index in [-0.39, 0.29) is 18.0 Å². The van der Waals surface area contributed by atoms with E-state index in [1.54, 1.807) is 12.1 Å². The van der Waals surface area contributed by atoms with Gasteiger partial charge in [0.15, 0.2) is 5.75 Å². The van der Waals surface area contributed by atoms with Gasteiger partial charge in [-0.2, -0.15) is 0 Å². The van der Waals surface area contributed by atoms with Gasteiger partial charge >= 0.3 is 5.69 Å². The van der Waals surface area contributed by atoms with Crippen LogP contribution in [0.5, 0.6) is 5.75 Å². The maximum absolute atomic E-state index is 10.7. The molecule has 1 aromatic rings. The summed E-state index contributed by atoms with van der Waals surface area (Å²) in [4.78, 5) is 10.2. The molecule has 0 saturated heterocycles. The Kier molecular flexibility index (Phi) is 3.82. The van der Waals surface area contributed by atoms with E-state index in [9.17, 15) is 10.1 Å². The van der Waals surface area contributed by atoms with Crippen molar-refractivity contribution in [3.8, 4) is 5.75 Å². The predicted octanol–water partition coefficient (Wildman–Crippen LogP) is 1.61.